The molecule has 10 heteroatoms. The molecular formula is C19H23BFN3O5. The number of carbonyl (C=O) groups is 2. The fourth-order valence-corrected chi connectivity index (χ4v) is 4.36. The van der Waals surface area contributed by atoms with Gasteiger partial charge in [-0.1, -0.05) is 12.1 Å². The number of halogens is 1. The van der Waals surface area contributed by atoms with Crippen LogP contribution in [0.4, 0.5) is 9.18 Å². The number of nitriles is 1. The van der Waals surface area contributed by atoms with Crippen LogP contribution in [-0.4, -0.2) is 58.2 Å². The largest absolute Gasteiger partial charge is 0.475 e. The quantitative estimate of drug-likeness (QED) is 0.582. The third kappa shape index (κ3) is 4.69. The molecule has 154 valence electrons. The van der Waals surface area contributed by atoms with Gasteiger partial charge in [-0.25, -0.2) is 9.18 Å². The normalized spacial score (nSPS) is 23.4. The Morgan fingerprint density at radius 1 is 1.34 bits per heavy atom. The van der Waals surface area contributed by atoms with E-state index in [-0.39, 0.29) is 31.4 Å². The Morgan fingerprint density at radius 2 is 2.00 bits per heavy atom. The molecule has 0 saturated carbocycles. The van der Waals surface area contributed by atoms with Gasteiger partial charge in [0.1, 0.15) is 18.8 Å². The molecule has 0 radical (unpaired) electrons. The number of nitrogens with one attached hydrogen (secondary N) is 1. The minimum atomic E-state index is -1.83. The molecule has 2 saturated heterocycles. The van der Waals surface area contributed by atoms with E-state index in [1.165, 1.54) is 24.3 Å². The van der Waals surface area contributed by atoms with Gasteiger partial charge in [-0.05, 0) is 49.8 Å². The number of hydrogen-bond acceptors (Lipinski definition) is 6. The summed E-state index contributed by atoms with van der Waals surface area (Å²) in [7, 11) is -1.83. The fraction of sp³-hybridized carbons (Fsp3) is 0.526. The van der Waals surface area contributed by atoms with E-state index in [4.69, 9.17) is 10.00 Å². The predicted octanol–water partition coefficient (Wildman–Crippen LogP) is 0.912. The van der Waals surface area contributed by atoms with Gasteiger partial charge in [0.05, 0.1) is 17.5 Å². The average molecular weight is 403 g/mol. The molecule has 2 fully saturated rings. The number of ether oxygens (including phenoxy) is 1. The smallest absolute Gasteiger partial charge is 0.447 e. The second kappa shape index (κ2) is 8.80. The monoisotopic (exact) mass is 403 g/mol. The molecule has 29 heavy (non-hydrogen) atoms. The van der Waals surface area contributed by atoms with Crippen LogP contribution in [0.3, 0.4) is 0 Å². The number of carbonyl (C=O) groups excluding carboxylic acids is 2. The van der Waals surface area contributed by atoms with Gasteiger partial charge in [-0.2, -0.15) is 5.26 Å². The molecule has 2 aliphatic heterocycles. The van der Waals surface area contributed by atoms with Crippen molar-refractivity contribution in [2.24, 2.45) is 0 Å². The second-order valence-corrected chi connectivity index (χ2v) is 7.63. The summed E-state index contributed by atoms with van der Waals surface area (Å²) in [5, 5.41) is 30.4. The predicted molar refractivity (Wildman–Crippen MR) is 101 cm³/mol. The van der Waals surface area contributed by atoms with Crippen molar-refractivity contribution in [2.45, 2.75) is 56.0 Å². The Morgan fingerprint density at radius 3 is 2.59 bits per heavy atom. The Hall–Kier alpha value is -2.64. The Balaban J connectivity index is 1.58. The van der Waals surface area contributed by atoms with E-state index in [0.29, 0.717) is 18.4 Å². The highest BCUT2D eigenvalue weighted by Crippen LogP contribution is 2.46. The third-order valence-electron chi connectivity index (χ3n) is 5.76. The van der Waals surface area contributed by atoms with Crippen molar-refractivity contribution in [3.63, 3.8) is 0 Å². The minimum Gasteiger partial charge on any atom is -0.447 e. The number of nitrogens with zero attached hydrogens (tertiary/aromatic N) is 2. The lowest BCUT2D eigenvalue weighted by Crippen LogP contribution is -2.51. The Bertz CT molecular complexity index is 790. The molecule has 3 rings (SSSR count). The first-order chi connectivity index (χ1) is 13.8. The zero-order chi connectivity index (χ0) is 21.0. The summed E-state index contributed by atoms with van der Waals surface area (Å²) in [5.41, 5.74) is 0.0198. The van der Waals surface area contributed by atoms with Crippen molar-refractivity contribution in [3.8, 4) is 6.07 Å². The average Bonchev–Trinajstić information content (AvgIpc) is 3.23. The highest BCUT2D eigenvalue weighted by Gasteiger charge is 2.54. The molecule has 0 spiro atoms. The van der Waals surface area contributed by atoms with Crippen LogP contribution in [0.1, 0.15) is 37.7 Å². The van der Waals surface area contributed by atoms with E-state index >= 15 is 0 Å². The Labute approximate surface area is 168 Å². The van der Waals surface area contributed by atoms with E-state index in [2.05, 4.69) is 5.32 Å². The molecular weight excluding hydrogens is 380 g/mol. The Kier molecular flexibility index (Phi) is 6.40. The summed E-state index contributed by atoms with van der Waals surface area (Å²) in [6, 6.07) is 7.43. The van der Waals surface area contributed by atoms with E-state index in [1.54, 1.807) is 4.90 Å². The molecule has 2 bridgehead atoms. The molecule has 1 aromatic carbocycles. The maximum Gasteiger partial charge on any atom is 0.475 e. The van der Waals surface area contributed by atoms with Crippen LogP contribution < -0.4 is 5.32 Å². The van der Waals surface area contributed by atoms with Gasteiger partial charge < -0.3 is 25.0 Å². The lowest BCUT2D eigenvalue weighted by atomic mass is 9.76. The maximum absolute atomic E-state index is 13.0. The van der Waals surface area contributed by atoms with Gasteiger partial charge >= 0.3 is 13.2 Å². The standard InChI is InChI=1S/C19H23BFN3O5/c21-14-3-1-13(2-4-14)11-16(20(27)28)23-18(26)29-12-19-8-5-15(6-9-19)24(19)17(25)7-10-22/h1-4,15-16,27-28H,5-9,11-12H2,(H,23,26). The van der Waals surface area contributed by atoms with E-state index in [1.807, 2.05) is 6.07 Å². The number of alkyl carbamates (subject to hydrolysis) is 1. The first kappa shape index (κ1) is 21.1. The van der Waals surface area contributed by atoms with E-state index < -0.39 is 30.5 Å². The van der Waals surface area contributed by atoms with Crippen LogP contribution in [0.5, 0.6) is 0 Å². The van der Waals surface area contributed by atoms with Gasteiger partial charge in [0.25, 0.3) is 0 Å². The van der Waals surface area contributed by atoms with E-state index in [9.17, 15) is 24.0 Å². The van der Waals surface area contributed by atoms with Crippen molar-refractivity contribution in [2.75, 3.05) is 6.61 Å². The van der Waals surface area contributed by atoms with Gasteiger partial charge in [-0.3, -0.25) is 4.79 Å². The molecule has 1 atom stereocenters. The van der Waals surface area contributed by atoms with Gasteiger partial charge in [-0.15, -0.1) is 0 Å². The van der Waals surface area contributed by atoms with Crippen molar-refractivity contribution in [1.82, 2.24) is 10.2 Å². The van der Waals surface area contributed by atoms with Crippen molar-refractivity contribution in [1.29, 1.82) is 5.26 Å². The van der Waals surface area contributed by atoms with Crippen molar-refractivity contribution < 1.29 is 28.8 Å². The summed E-state index contributed by atoms with van der Waals surface area (Å²) < 4.78 is 18.4. The van der Waals surface area contributed by atoms with Crippen LogP contribution in [-0.2, 0) is 16.0 Å². The van der Waals surface area contributed by atoms with E-state index in [0.717, 1.165) is 12.8 Å². The molecule has 3 N–H and O–H groups in total. The summed E-state index contributed by atoms with van der Waals surface area (Å²) >= 11 is 0. The fourth-order valence-electron chi connectivity index (χ4n) is 4.36. The number of rotatable bonds is 7. The second-order valence-electron chi connectivity index (χ2n) is 7.63. The van der Waals surface area contributed by atoms with Crippen molar-refractivity contribution in [3.05, 3.63) is 35.6 Å². The molecule has 1 aromatic rings. The SMILES string of the molecule is N#CCC(=O)N1C2CCC1(COC(=O)NC(Cc1ccc(F)cc1)B(O)O)CC2. The summed E-state index contributed by atoms with van der Waals surface area (Å²) in [4.78, 5) is 26.3. The molecule has 2 amide bonds. The highest BCUT2D eigenvalue weighted by molar-refractivity contribution is 6.43. The van der Waals surface area contributed by atoms with Crippen LogP contribution >= 0.6 is 0 Å². The number of benzene rings is 1. The van der Waals surface area contributed by atoms with Crippen LogP contribution in [0.15, 0.2) is 24.3 Å². The lowest BCUT2D eigenvalue weighted by molar-refractivity contribution is -0.135. The van der Waals surface area contributed by atoms with Gasteiger partial charge in [0, 0.05) is 6.04 Å². The first-order valence-electron chi connectivity index (χ1n) is 9.57. The van der Waals surface area contributed by atoms with Crippen LogP contribution in [0, 0.1) is 17.1 Å². The first-order valence-corrected chi connectivity index (χ1v) is 9.57. The molecule has 1 unspecified atom stereocenters. The summed E-state index contributed by atoms with van der Waals surface area (Å²) in [6.07, 6.45) is 2.05. The zero-order valence-corrected chi connectivity index (χ0v) is 15.9. The molecule has 0 aliphatic carbocycles. The molecule has 2 aliphatic rings. The summed E-state index contributed by atoms with van der Waals surface area (Å²) in [5.74, 6) is -1.71. The zero-order valence-electron chi connectivity index (χ0n) is 15.9. The minimum absolute atomic E-state index is 0.0166. The highest BCUT2D eigenvalue weighted by atomic mass is 19.1. The molecule has 0 aromatic heterocycles. The number of amides is 2. The number of fused-ring (bicyclic) bond motifs is 2. The summed E-state index contributed by atoms with van der Waals surface area (Å²) in [6.45, 7) is -0.0166. The topological polar surface area (TPSA) is 123 Å². The van der Waals surface area contributed by atoms with Crippen LogP contribution in [0.2, 0.25) is 0 Å². The molecule has 2 heterocycles. The van der Waals surface area contributed by atoms with Crippen molar-refractivity contribution >= 4 is 19.1 Å². The lowest BCUT2D eigenvalue weighted by Gasteiger charge is -2.34. The van der Waals surface area contributed by atoms with Gasteiger partial charge in [0.2, 0.25) is 5.91 Å². The maximum atomic E-state index is 13.0. The van der Waals surface area contributed by atoms with Gasteiger partial charge in [0.15, 0.2) is 0 Å². The number of hydrogen-bond donors (Lipinski definition) is 3. The third-order valence-corrected chi connectivity index (χ3v) is 5.76. The molecule has 8 nitrogen and oxygen atoms in total. The van der Waals surface area contributed by atoms with Crippen LogP contribution in [0.25, 0.3) is 0 Å².